The van der Waals surface area contributed by atoms with E-state index in [0.29, 0.717) is 0 Å². The van der Waals surface area contributed by atoms with Gasteiger partial charge in [-0.25, -0.2) is 0 Å². The number of rotatable bonds is 5. The molecule has 10 heteroatoms. The number of unbranched alkanes of at least 4 members (excludes halogenated alkanes) is 1. The van der Waals surface area contributed by atoms with Gasteiger partial charge in [-0.2, -0.15) is 0 Å². The van der Waals surface area contributed by atoms with Gasteiger partial charge in [0.15, 0.2) is 0 Å². The Hall–Kier alpha value is 1.36. The highest BCUT2D eigenvalue weighted by atomic mass is 79.9. The second kappa shape index (κ2) is 13.7. The monoisotopic (exact) mass is 594 g/mol. The van der Waals surface area contributed by atoms with Crippen LogP contribution in [0.1, 0.15) is 12.8 Å². The van der Waals surface area contributed by atoms with Crippen LogP contribution in [0, 0.1) is 0 Å². The van der Waals surface area contributed by atoms with Gasteiger partial charge in [0.1, 0.15) is 8.64 Å². The van der Waals surface area contributed by atoms with Crippen molar-refractivity contribution in [3.05, 3.63) is 0 Å². The van der Waals surface area contributed by atoms with Gasteiger partial charge in [0.2, 0.25) is 0 Å². The Kier molecular flexibility index (Phi) is 14.4. The lowest BCUT2D eigenvalue weighted by Gasteiger charge is -2.39. The Morgan fingerprint density at radius 3 is 1.25 bits per heavy atom. The normalized spacial score (nSPS) is 20.7. The fraction of sp³-hybridized carbons (Fsp3) is 0.889. The predicted molar refractivity (Wildman–Crippen MR) is 126 cm³/mol. The molecule has 2 aliphatic rings. The molecule has 0 aromatic heterocycles. The maximum absolute atomic E-state index is 5.62. The highest BCUT2D eigenvalue weighted by molar-refractivity contribution is 8.23. The van der Waals surface area contributed by atoms with Gasteiger partial charge in [-0.1, -0.05) is 48.0 Å². The average molecular weight is 597 g/mol. The minimum Gasteiger partial charge on any atom is -1.00 e. The van der Waals surface area contributed by atoms with E-state index in [0.717, 1.165) is 55.3 Å². The topological polar surface area (TPSA) is 6.48 Å². The summed E-state index contributed by atoms with van der Waals surface area (Å²) in [5.41, 5.74) is 0. The van der Waals surface area contributed by atoms with Gasteiger partial charge >= 0.3 is 0 Å². The first kappa shape index (κ1) is 29.4. The van der Waals surface area contributed by atoms with E-state index in [4.69, 9.17) is 24.4 Å². The molecule has 0 radical (unpaired) electrons. The van der Waals surface area contributed by atoms with Crippen molar-refractivity contribution in [3.8, 4) is 0 Å². The first-order chi connectivity index (χ1) is 12.2. The van der Waals surface area contributed by atoms with Gasteiger partial charge < -0.3 is 52.7 Å². The standard InChI is InChI=1S/C18H36N4S4.2BrH/c1-21(2)11-7-19(8-12-21)17(23)25-15-5-6-16-26-18(24)20-9-13-22(3,4)14-10-20;;/h5-16H2,1-4H3;2*1H/q+2;;/p-2. The van der Waals surface area contributed by atoms with E-state index in [2.05, 4.69) is 38.0 Å². The second-order valence-corrected chi connectivity index (χ2v) is 12.1. The lowest BCUT2D eigenvalue weighted by Crippen LogP contribution is -3.00. The lowest BCUT2D eigenvalue weighted by atomic mass is 10.3. The Bertz CT molecular complexity index is 442. The zero-order valence-corrected chi connectivity index (χ0v) is 24.1. The highest BCUT2D eigenvalue weighted by Gasteiger charge is 2.26. The third kappa shape index (κ3) is 10.6. The van der Waals surface area contributed by atoms with E-state index < -0.39 is 0 Å². The van der Waals surface area contributed by atoms with E-state index in [9.17, 15) is 0 Å². The molecule has 4 nitrogen and oxygen atoms in total. The Balaban J connectivity index is 0.00000364. The van der Waals surface area contributed by atoms with Crippen molar-refractivity contribution in [1.82, 2.24) is 9.80 Å². The maximum atomic E-state index is 5.62. The molecule has 0 aromatic rings. The summed E-state index contributed by atoms with van der Waals surface area (Å²) in [5, 5.41) is 0. The average Bonchev–Trinajstić information content (AvgIpc) is 2.57. The number of nitrogens with zero attached hydrogens (tertiary/aromatic N) is 4. The van der Waals surface area contributed by atoms with Gasteiger partial charge in [-0.15, -0.1) is 0 Å². The number of thiocarbonyl (C=S) groups is 2. The SMILES string of the molecule is C[N+]1(C)CCN(C(=S)SCCCCSC(=S)N2CC[N+](C)(C)CC2)CC1.[Br-].[Br-]. The molecule has 0 aromatic carbocycles. The molecular weight excluding hydrogens is 560 g/mol. The van der Waals surface area contributed by atoms with Crippen molar-refractivity contribution in [2.45, 2.75) is 12.8 Å². The largest absolute Gasteiger partial charge is 1.00 e. The summed E-state index contributed by atoms with van der Waals surface area (Å²) in [7, 11) is 9.22. The molecule has 0 N–H and O–H groups in total. The fourth-order valence-electron chi connectivity index (χ4n) is 3.08. The zero-order valence-electron chi connectivity index (χ0n) is 17.7. The number of halogens is 2. The summed E-state index contributed by atoms with van der Waals surface area (Å²) >= 11 is 15.0. The number of quaternary nitrogens is 2. The van der Waals surface area contributed by atoms with Crippen LogP contribution in [0.2, 0.25) is 0 Å². The van der Waals surface area contributed by atoms with E-state index in [-0.39, 0.29) is 34.0 Å². The number of hydrogen-bond acceptors (Lipinski definition) is 4. The van der Waals surface area contributed by atoms with Crippen LogP contribution in [-0.2, 0) is 0 Å². The molecule has 2 rings (SSSR count). The van der Waals surface area contributed by atoms with Crippen molar-refractivity contribution in [2.75, 3.05) is 92.1 Å². The van der Waals surface area contributed by atoms with Crippen LogP contribution in [0.4, 0.5) is 0 Å². The molecule has 0 bridgehead atoms. The summed E-state index contributed by atoms with van der Waals surface area (Å²) < 4.78 is 4.44. The molecule has 0 saturated carbocycles. The third-order valence-corrected chi connectivity index (χ3v) is 8.63. The smallest absolute Gasteiger partial charge is 0.136 e. The Morgan fingerprint density at radius 1 is 0.679 bits per heavy atom. The van der Waals surface area contributed by atoms with Crippen LogP contribution in [0.5, 0.6) is 0 Å². The maximum Gasteiger partial charge on any atom is 0.136 e. The molecule has 0 unspecified atom stereocenters. The van der Waals surface area contributed by atoms with Crippen molar-refractivity contribution < 1.29 is 42.9 Å². The van der Waals surface area contributed by atoms with Gasteiger partial charge in [0.05, 0.1) is 80.5 Å². The molecule has 2 aliphatic heterocycles. The Morgan fingerprint density at radius 2 is 0.964 bits per heavy atom. The van der Waals surface area contributed by atoms with E-state index in [1.165, 1.54) is 39.0 Å². The predicted octanol–water partition coefficient (Wildman–Crippen LogP) is -3.41. The van der Waals surface area contributed by atoms with Crippen LogP contribution in [-0.4, -0.2) is 119 Å². The zero-order chi connectivity index (χ0) is 19.2. The van der Waals surface area contributed by atoms with Crippen LogP contribution in [0.3, 0.4) is 0 Å². The van der Waals surface area contributed by atoms with Crippen LogP contribution >= 0.6 is 48.0 Å². The molecule has 0 spiro atoms. The Labute approximate surface area is 212 Å². The molecule has 0 aliphatic carbocycles. The summed E-state index contributed by atoms with van der Waals surface area (Å²) in [6.45, 7) is 9.20. The van der Waals surface area contributed by atoms with Crippen molar-refractivity contribution >= 4 is 56.6 Å². The van der Waals surface area contributed by atoms with Gasteiger partial charge in [-0.3, -0.25) is 0 Å². The molecule has 28 heavy (non-hydrogen) atoms. The molecule has 0 amide bonds. The number of likely N-dealkylation sites (N-methyl/N-ethyl adjacent to an activating group) is 2. The first-order valence-corrected chi connectivity index (χ1v) is 12.4. The van der Waals surface area contributed by atoms with Crippen LogP contribution < -0.4 is 34.0 Å². The minimum absolute atomic E-state index is 0. The van der Waals surface area contributed by atoms with Crippen molar-refractivity contribution in [3.63, 3.8) is 0 Å². The van der Waals surface area contributed by atoms with Crippen molar-refractivity contribution in [2.24, 2.45) is 0 Å². The second-order valence-electron chi connectivity index (χ2n) is 8.68. The fourth-order valence-corrected chi connectivity index (χ4v) is 5.73. The molecule has 0 atom stereocenters. The summed E-state index contributed by atoms with van der Waals surface area (Å²) in [6.07, 6.45) is 2.44. The quantitative estimate of drug-likeness (QED) is 0.184. The molecule has 2 saturated heterocycles. The molecule has 2 heterocycles. The van der Waals surface area contributed by atoms with Crippen LogP contribution in [0.25, 0.3) is 0 Å². The lowest BCUT2D eigenvalue weighted by molar-refractivity contribution is -0.893. The summed E-state index contributed by atoms with van der Waals surface area (Å²) in [5.74, 6) is 2.27. The summed E-state index contributed by atoms with van der Waals surface area (Å²) in [4.78, 5) is 4.79. The molecule has 2 fully saturated rings. The van der Waals surface area contributed by atoms with Crippen molar-refractivity contribution in [1.29, 1.82) is 0 Å². The van der Waals surface area contributed by atoms with Gasteiger partial charge in [-0.05, 0) is 12.8 Å². The number of thioether (sulfide) groups is 2. The molecule has 166 valence electrons. The number of piperazine rings is 2. The summed E-state index contributed by atoms with van der Waals surface area (Å²) in [6, 6.07) is 0. The first-order valence-electron chi connectivity index (χ1n) is 9.66. The van der Waals surface area contributed by atoms with Crippen LogP contribution in [0.15, 0.2) is 0 Å². The van der Waals surface area contributed by atoms with Gasteiger partial charge in [0, 0.05) is 11.5 Å². The van der Waals surface area contributed by atoms with E-state index >= 15 is 0 Å². The van der Waals surface area contributed by atoms with E-state index in [1.54, 1.807) is 0 Å². The van der Waals surface area contributed by atoms with Gasteiger partial charge in [0.25, 0.3) is 0 Å². The number of hydrogen-bond donors (Lipinski definition) is 0. The van der Waals surface area contributed by atoms with E-state index in [1.807, 2.05) is 23.5 Å². The minimum atomic E-state index is 0. The molecular formula is C18H36Br2N4S4. The highest BCUT2D eigenvalue weighted by Crippen LogP contribution is 2.18. The third-order valence-electron chi connectivity index (χ3n) is 5.41.